The molecule has 12 heteroatoms. The van der Waals surface area contributed by atoms with Gasteiger partial charge in [-0.25, -0.2) is 8.78 Å². The summed E-state index contributed by atoms with van der Waals surface area (Å²) in [6.45, 7) is 3.79. The quantitative estimate of drug-likeness (QED) is 0.263. The lowest BCUT2D eigenvalue weighted by Crippen LogP contribution is -2.49. The number of aryl methyl sites for hydroxylation is 2. The van der Waals surface area contributed by atoms with E-state index < -0.39 is 71.2 Å². The Morgan fingerprint density at radius 2 is 1.62 bits per heavy atom. The first-order chi connectivity index (χ1) is 19.7. The smallest absolute Gasteiger partial charge is 0.321 e. The highest BCUT2D eigenvalue weighted by Gasteiger charge is 2.30. The molecule has 3 rings (SSSR count). The number of hydrogen-bond acceptors (Lipinski definition) is 4. The van der Waals surface area contributed by atoms with Crippen LogP contribution in [0.3, 0.4) is 0 Å². The highest BCUT2D eigenvalue weighted by Crippen LogP contribution is 2.33. The largest absolute Gasteiger partial charge is 0.481 e. The summed E-state index contributed by atoms with van der Waals surface area (Å²) >= 11 is 0. The molecule has 0 saturated heterocycles. The number of aromatic nitrogens is 1. The van der Waals surface area contributed by atoms with Gasteiger partial charge in [0.2, 0.25) is 5.91 Å². The van der Waals surface area contributed by atoms with Crippen LogP contribution in [0, 0.1) is 31.4 Å². The standard InChI is InChI=1S/C30H31F4N3O5/c1-15(2)11-23(36-27(40)19-9-6-10-37(29(19)42)30(33)34)28(41)35-22(14-24(38)39)20-12-18(13-21(31)26(20)32)25-16(3)7-5-8-17(25)4/h5-10,12-13,15,22-23,30H,11,14H2,1-4H3,(H,35,41)(H,36,40)(H,38,39)/t22-,23-/m0/s1. The van der Waals surface area contributed by atoms with Crippen molar-refractivity contribution in [2.75, 3.05) is 0 Å². The first-order valence-electron chi connectivity index (χ1n) is 13.1. The van der Waals surface area contributed by atoms with Gasteiger partial charge in [-0.3, -0.25) is 23.7 Å². The lowest BCUT2D eigenvalue weighted by Gasteiger charge is -2.25. The van der Waals surface area contributed by atoms with Crippen LogP contribution in [0.2, 0.25) is 0 Å². The molecule has 42 heavy (non-hydrogen) atoms. The number of rotatable bonds is 11. The topological polar surface area (TPSA) is 118 Å². The fourth-order valence-electron chi connectivity index (χ4n) is 4.74. The van der Waals surface area contributed by atoms with Gasteiger partial charge < -0.3 is 15.7 Å². The molecule has 3 N–H and O–H groups in total. The van der Waals surface area contributed by atoms with Crippen LogP contribution in [-0.4, -0.2) is 33.5 Å². The second-order valence-corrected chi connectivity index (χ2v) is 10.4. The maximum absolute atomic E-state index is 15.2. The van der Waals surface area contributed by atoms with Crippen molar-refractivity contribution >= 4 is 17.8 Å². The maximum Gasteiger partial charge on any atom is 0.321 e. The number of carboxylic acid groups (broad SMARTS) is 1. The Hall–Kier alpha value is -4.48. The summed E-state index contributed by atoms with van der Waals surface area (Å²) in [5, 5.41) is 14.3. The zero-order valence-corrected chi connectivity index (χ0v) is 23.4. The van der Waals surface area contributed by atoms with E-state index in [-0.39, 0.29) is 22.5 Å². The van der Waals surface area contributed by atoms with Crippen molar-refractivity contribution in [1.29, 1.82) is 0 Å². The third-order valence-corrected chi connectivity index (χ3v) is 6.66. The lowest BCUT2D eigenvalue weighted by molar-refractivity contribution is -0.137. The molecule has 0 aliphatic carbocycles. The molecule has 0 saturated carbocycles. The van der Waals surface area contributed by atoms with E-state index in [0.29, 0.717) is 5.56 Å². The van der Waals surface area contributed by atoms with Crippen molar-refractivity contribution in [2.24, 2.45) is 5.92 Å². The van der Waals surface area contributed by atoms with Crippen molar-refractivity contribution in [3.63, 3.8) is 0 Å². The Bertz CT molecular complexity index is 1530. The van der Waals surface area contributed by atoms with E-state index in [0.717, 1.165) is 35.5 Å². The molecule has 0 spiro atoms. The molecule has 0 radical (unpaired) electrons. The molecule has 0 aliphatic heterocycles. The first-order valence-corrected chi connectivity index (χ1v) is 13.1. The molecular weight excluding hydrogens is 558 g/mol. The lowest BCUT2D eigenvalue weighted by atomic mass is 9.92. The van der Waals surface area contributed by atoms with Crippen LogP contribution in [0.5, 0.6) is 0 Å². The third kappa shape index (κ3) is 7.42. The molecule has 3 aromatic rings. The summed E-state index contributed by atoms with van der Waals surface area (Å²) in [5.74, 6) is -6.28. The molecule has 1 heterocycles. The van der Waals surface area contributed by atoms with Crippen molar-refractivity contribution in [3.05, 3.63) is 92.9 Å². The van der Waals surface area contributed by atoms with Gasteiger partial charge in [-0.1, -0.05) is 32.0 Å². The van der Waals surface area contributed by atoms with E-state index in [4.69, 9.17) is 0 Å². The Kier molecular flexibility index (Phi) is 10.3. The minimum atomic E-state index is -3.20. The van der Waals surface area contributed by atoms with Gasteiger partial charge in [-0.05, 0) is 72.7 Å². The SMILES string of the molecule is Cc1cccc(C)c1-c1cc(F)c(F)c([C@H](CC(=O)O)NC(=O)[C@H](CC(C)C)NC(=O)c2cccn(C(F)F)c2=O)c1. The highest BCUT2D eigenvalue weighted by atomic mass is 19.3. The van der Waals surface area contributed by atoms with Crippen LogP contribution in [0.25, 0.3) is 11.1 Å². The second kappa shape index (κ2) is 13.5. The number of carbonyl (C=O) groups excluding carboxylic acids is 2. The van der Waals surface area contributed by atoms with Gasteiger partial charge in [0.15, 0.2) is 11.6 Å². The normalized spacial score (nSPS) is 12.7. The number of benzene rings is 2. The van der Waals surface area contributed by atoms with Crippen molar-refractivity contribution in [2.45, 2.75) is 59.2 Å². The summed E-state index contributed by atoms with van der Waals surface area (Å²) in [6.07, 6.45) is -0.0240. The number of nitrogens with zero attached hydrogens (tertiary/aromatic N) is 1. The monoisotopic (exact) mass is 589 g/mol. The molecule has 2 atom stereocenters. The number of alkyl halides is 2. The average Bonchev–Trinajstić information content (AvgIpc) is 2.89. The Labute approximate surface area is 239 Å². The van der Waals surface area contributed by atoms with Gasteiger partial charge in [0, 0.05) is 11.8 Å². The van der Waals surface area contributed by atoms with E-state index in [2.05, 4.69) is 10.6 Å². The molecule has 0 bridgehead atoms. The fourth-order valence-corrected chi connectivity index (χ4v) is 4.74. The maximum atomic E-state index is 15.2. The molecule has 1 aromatic heterocycles. The van der Waals surface area contributed by atoms with Gasteiger partial charge in [0.25, 0.3) is 11.5 Å². The number of amides is 2. The number of carboxylic acids is 1. The third-order valence-electron chi connectivity index (χ3n) is 6.66. The van der Waals surface area contributed by atoms with Gasteiger partial charge in [-0.15, -0.1) is 0 Å². The van der Waals surface area contributed by atoms with Crippen LogP contribution >= 0.6 is 0 Å². The van der Waals surface area contributed by atoms with Gasteiger partial charge in [0.1, 0.15) is 11.6 Å². The van der Waals surface area contributed by atoms with Crippen LogP contribution in [0.1, 0.15) is 66.3 Å². The Morgan fingerprint density at radius 1 is 0.976 bits per heavy atom. The number of aliphatic carboxylic acids is 1. The van der Waals surface area contributed by atoms with Crippen LogP contribution in [-0.2, 0) is 9.59 Å². The predicted octanol–water partition coefficient (Wildman–Crippen LogP) is 5.28. The van der Waals surface area contributed by atoms with Gasteiger partial charge >= 0.3 is 12.5 Å². The Balaban J connectivity index is 2.00. The second-order valence-electron chi connectivity index (χ2n) is 10.4. The number of hydrogen-bond donors (Lipinski definition) is 3. The summed E-state index contributed by atoms with van der Waals surface area (Å²) in [6, 6.07) is 6.79. The summed E-state index contributed by atoms with van der Waals surface area (Å²) in [4.78, 5) is 50.4. The summed E-state index contributed by atoms with van der Waals surface area (Å²) < 4.78 is 56.4. The molecule has 0 unspecified atom stereocenters. The zero-order valence-electron chi connectivity index (χ0n) is 23.4. The predicted molar refractivity (Wildman–Crippen MR) is 147 cm³/mol. The minimum Gasteiger partial charge on any atom is -0.481 e. The number of nitrogens with one attached hydrogen (secondary N) is 2. The number of pyridine rings is 1. The molecule has 0 aliphatic rings. The van der Waals surface area contributed by atoms with Crippen molar-refractivity contribution < 1.29 is 37.1 Å². The highest BCUT2D eigenvalue weighted by molar-refractivity contribution is 5.97. The minimum absolute atomic E-state index is 0.00742. The molecular formula is C30H31F4N3O5. The van der Waals surface area contributed by atoms with Gasteiger partial charge in [-0.2, -0.15) is 8.78 Å². The molecule has 2 amide bonds. The average molecular weight is 590 g/mol. The van der Waals surface area contributed by atoms with E-state index in [9.17, 15) is 37.5 Å². The molecule has 0 fully saturated rings. The van der Waals surface area contributed by atoms with Crippen LogP contribution in [0.15, 0.2) is 53.5 Å². The molecule has 2 aromatic carbocycles. The van der Waals surface area contributed by atoms with Crippen molar-refractivity contribution in [1.82, 2.24) is 15.2 Å². The van der Waals surface area contributed by atoms with E-state index >= 15 is 4.39 Å². The van der Waals surface area contributed by atoms with Crippen LogP contribution in [0.4, 0.5) is 17.6 Å². The van der Waals surface area contributed by atoms with Gasteiger partial charge in [0.05, 0.1) is 12.5 Å². The van der Waals surface area contributed by atoms with Crippen LogP contribution < -0.4 is 16.2 Å². The Morgan fingerprint density at radius 3 is 2.19 bits per heavy atom. The number of halogens is 4. The molecule has 224 valence electrons. The summed E-state index contributed by atoms with van der Waals surface area (Å²) in [7, 11) is 0. The number of carbonyl (C=O) groups is 3. The zero-order chi connectivity index (χ0) is 31.3. The van der Waals surface area contributed by atoms with E-state index in [1.807, 2.05) is 0 Å². The first kappa shape index (κ1) is 32.0. The van der Waals surface area contributed by atoms with E-state index in [1.165, 1.54) is 6.07 Å². The fraction of sp³-hybridized carbons (Fsp3) is 0.333. The molecule has 8 nitrogen and oxygen atoms in total. The summed E-state index contributed by atoms with van der Waals surface area (Å²) in [5.41, 5.74) is 0.0700. The van der Waals surface area contributed by atoms with E-state index in [1.54, 1.807) is 45.9 Å². The van der Waals surface area contributed by atoms with Crippen molar-refractivity contribution in [3.8, 4) is 11.1 Å².